The molecule has 0 spiro atoms. The summed E-state index contributed by atoms with van der Waals surface area (Å²) in [6.45, 7) is 4.52. The maximum absolute atomic E-state index is 14.0. The number of pyridine rings is 6. The number of aliphatic hydroxyl groups is 3. The van der Waals surface area contributed by atoms with Crippen molar-refractivity contribution in [2.24, 2.45) is 0 Å². The number of hydrogen-bond acceptors (Lipinski definition) is 12. The second kappa shape index (κ2) is 35.8. The van der Waals surface area contributed by atoms with E-state index in [9.17, 15) is 29.7 Å². The van der Waals surface area contributed by atoms with Gasteiger partial charge >= 0.3 is 0 Å². The van der Waals surface area contributed by atoms with E-state index >= 15 is 0 Å². The number of nitrogens with zero attached hydrogens (tertiary/aromatic N) is 6. The summed E-state index contributed by atoms with van der Waals surface area (Å²) in [6, 6.07) is 120. The Balaban J connectivity index is 0.000000138. The number of allylic oxidation sites excluding steroid dienone is 6. The molecule has 0 aliphatic heterocycles. The quantitative estimate of drug-likeness (QED) is 0.0545. The van der Waals surface area contributed by atoms with Crippen molar-refractivity contribution in [1.29, 1.82) is 0 Å². The Kier molecular flexibility index (Phi) is 23.9. The van der Waals surface area contributed by atoms with E-state index in [1.54, 1.807) is 0 Å². The first-order chi connectivity index (χ1) is 57.2. The number of aliphatic hydroxyl groups excluding tert-OH is 3. The van der Waals surface area contributed by atoms with Crippen LogP contribution in [0, 0.1) is 0 Å². The van der Waals surface area contributed by atoms with Crippen LogP contribution in [0.1, 0.15) is 72.7 Å². The molecule has 3 N–H and O–H groups in total. The summed E-state index contributed by atoms with van der Waals surface area (Å²) in [5.74, 6) is -3.52. The first kappa shape index (κ1) is 78.6. The Labute approximate surface area is 696 Å². The van der Waals surface area contributed by atoms with Crippen molar-refractivity contribution >= 4 is 82.0 Å². The largest absolute Gasteiger partial charge is 0.512 e. The average molecular weight is 1710 g/mol. The molecule has 0 bridgehead atoms. The zero-order valence-corrected chi connectivity index (χ0v) is 67.1. The van der Waals surface area contributed by atoms with Gasteiger partial charge in [0.2, 0.25) is 0 Å². The molecule has 0 amide bonds. The molecule has 118 heavy (non-hydrogen) atoms. The van der Waals surface area contributed by atoms with E-state index in [1.807, 2.05) is 328 Å². The molecule has 13 heteroatoms. The van der Waals surface area contributed by atoms with Gasteiger partial charge in [0.1, 0.15) is 17.8 Å². The molecule has 0 unspecified atom stereocenters. The van der Waals surface area contributed by atoms with Gasteiger partial charge < -0.3 is 15.3 Å². The van der Waals surface area contributed by atoms with Crippen molar-refractivity contribution in [3.05, 3.63) is 434 Å². The molecule has 0 fully saturated rings. The fourth-order valence-electron chi connectivity index (χ4n) is 15.3. The molecular weight excluding hydrogens is 1630 g/mol. The van der Waals surface area contributed by atoms with Gasteiger partial charge in [-0.15, -0.1) is 0 Å². The number of fused-ring (bicyclic) bond motifs is 6. The molecule has 0 aliphatic rings. The van der Waals surface area contributed by atoms with E-state index in [1.165, 1.54) is 39.0 Å². The Morgan fingerprint density at radius 2 is 0.356 bits per heavy atom. The van der Waals surface area contributed by atoms with E-state index < -0.39 is 17.8 Å². The van der Waals surface area contributed by atoms with Gasteiger partial charge in [0.25, 0.3) is 0 Å². The molecule has 1 radical (unpaired) electrons. The van der Waals surface area contributed by atoms with Gasteiger partial charge in [-0.2, -0.15) is 0 Å². The van der Waals surface area contributed by atoms with Gasteiger partial charge in [0, 0.05) is 104 Å². The van der Waals surface area contributed by atoms with Gasteiger partial charge in [-0.3, -0.25) is 44.3 Å². The van der Waals surface area contributed by atoms with Crippen LogP contribution in [0.4, 0.5) is 0 Å². The van der Waals surface area contributed by atoms with Crippen LogP contribution >= 0.6 is 0 Å². The standard InChI is InChI=1S/3C35H26N2O2.Ir/c3*1-23(38)20-32(39)33(34-28-18-10-8-16-26(28)21-30(36-34)24-12-4-2-5-13-24)35-29-19-11-9-17-27(29)22-31(37-35)25-14-6-3-7-15-25;/h3*2-22,33,38H,1H3;/b3*23-20-;. The topological polar surface area (TPSA) is 189 Å². The summed E-state index contributed by atoms with van der Waals surface area (Å²) in [4.78, 5) is 72.7. The van der Waals surface area contributed by atoms with Gasteiger partial charge in [0.05, 0.1) is 85.6 Å². The summed E-state index contributed by atoms with van der Waals surface area (Å²) in [7, 11) is 0. The number of carbonyl (C=O) groups is 3. The van der Waals surface area contributed by atoms with Crippen LogP contribution in [0.2, 0.25) is 0 Å². The van der Waals surface area contributed by atoms with E-state index in [0.717, 1.165) is 132 Å². The molecule has 6 aromatic heterocycles. The second-order valence-corrected chi connectivity index (χ2v) is 28.7. The minimum Gasteiger partial charge on any atom is -0.512 e. The van der Waals surface area contributed by atoms with Crippen molar-refractivity contribution < 1.29 is 49.8 Å². The zero-order chi connectivity index (χ0) is 80.3. The first-order valence-electron chi connectivity index (χ1n) is 38.7. The van der Waals surface area contributed by atoms with E-state index in [4.69, 9.17) is 29.9 Å². The Hall–Kier alpha value is -14.6. The molecule has 6 heterocycles. The summed E-state index contributed by atoms with van der Waals surface area (Å²) in [6.07, 6.45) is 3.84. The number of benzene rings is 12. The maximum atomic E-state index is 14.0. The van der Waals surface area contributed by atoms with Crippen LogP contribution in [-0.2, 0) is 34.5 Å². The van der Waals surface area contributed by atoms with Crippen LogP contribution in [-0.4, -0.2) is 62.6 Å². The van der Waals surface area contributed by atoms with Crippen LogP contribution in [0.15, 0.2) is 399 Å². The Bertz CT molecular complexity index is 5820. The predicted octanol–water partition coefficient (Wildman–Crippen LogP) is 24.8. The average Bonchev–Trinajstić information content (AvgIpc) is 0.761. The molecule has 18 rings (SSSR count). The summed E-state index contributed by atoms with van der Waals surface area (Å²) < 4.78 is 0. The van der Waals surface area contributed by atoms with Crippen molar-refractivity contribution in [3.63, 3.8) is 0 Å². The van der Waals surface area contributed by atoms with Gasteiger partial charge in [0.15, 0.2) is 17.3 Å². The van der Waals surface area contributed by atoms with Crippen LogP contribution < -0.4 is 0 Å². The third-order valence-corrected chi connectivity index (χ3v) is 20.6. The van der Waals surface area contributed by atoms with Crippen molar-refractivity contribution in [3.8, 4) is 67.5 Å². The molecule has 0 aliphatic carbocycles. The van der Waals surface area contributed by atoms with Gasteiger partial charge in [-0.25, -0.2) is 0 Å². The summed E-state index contributed by atoms with van der Waals surface area (Å²) in [5.41, 5.74) is 14.0. The number of rotatable bonds is 18. The van der Waals surface area contributed by atoms with Crippen molar-refractivity contribution in [2.75, 3.05) is 0 Å². The smallest absolute Gasteiger partial charge is 0.174 e. The van der Waals surface area contributed by atoms with Gasteiger partial charge in [-0.1, -0.05) is 328 Å². The minimum absolute atomic E-state index is 0. The molecule has 0 saturated carbocycles. The number of hydrogen-bond donors (Lipinski definition) is 3. The summed E-state index contributed by atoms with van der Waals surface area (Å²) in [5, 5.41) is 41.6. The van der Waals surface area contributed by atoms with E-state index in [-0.39, 0.29) is 54.7 Å². The number of ketones is 3. The second-order valence-electron chi connectivity index (χ2n) is 28.7. The maximum Gasteiger partial charge on any atom is 0.174 e. The van der Waals surface area contributed by atoms with Crippen LogP contribution in [0.25, 0.3) is 132 Å². The number of carbonyl (C=O) groups excluding carboxylic acids is 3. The fourth-order valence-corrected chi connectivity index (χ4v) is 15.3. The molecule has 0 saturated heterocycles. The van der Waals surface area contributed by atoms with Crippen LogP contribution in [0.3, 0.4) is 0 Å². The van der Waals surface area contributed by atoms with Crippen molar-refractivity contribution in [1.82, 2.24) is 29.9 Å². The summed E-state index contributed by atoms with van der Waals surface area (Å²) >= 11 is 0. The fraction of sp³-hybridized carbons (Fsp3) is 0.0571. The number of aromatic nitrogens is 6. The van der Waals surface area contributed by atoms with Gasteiger partial charge in [-0.05, 0) is 89.5 Å². The monoisotopic (exact) mass is 1710 g/mol. The van der Waals surface area contributed by atoms with E-state index in [0.29, 0.717) is 34.2 Å². The molecule has 18 aromatic rings. The molecule has 573 valence electrons. The Morgan fingerprint density at radius 3 is 0.500 bits per heavy atom. The molecule has 12 nitrogen and oxygen atoms in total. The van der Waals surface area contributed by atoms with Crippen LogP contribution in [0.5, 0.6) is 0 Å². The minimum atomic E-state index is -0.839. The third kappa shape index (κ3) is 17.2. The molecule has 12 aromatic carbocycles. The van der Waals surface area contributed by atoms with E-state index in [2.05, 4.69) is 36.4 Å². The Morgan fingerprint density at radius 1 is 0.220 bits per heavy atom. The third-order valence-electron chi connectivity index (χ3n) is 20.6. The molecular formula is C105H78IrN6O6. The molecule has 0 atom stereocenters. The first-order valence-corrected chi connectivity index (χ1v) is 38.7. The predicted molar refractivity (Wildman–Crippen MR) is 473 cm³/mol. The zero-order valence-electron chi connectivity index (χ0n) is 64.7. The van der Waals surface area contributed by atoms with Crippen molar-refractivity contribution in [2.45, 2.75) is 38.5 Å². The normalized spacial score (nSPS) is 11.7. The SMILES string of the molecule is C/C(O)=C/C(=O)C(c1nc(-c2ccccc2)cc2ccccc12)c1nc(-c2ccccc2)cc2ccccc12.C/C(O)=C/C(=O)C(c1nc(-c2ccccc2)cc2ccccc12)c1nc(-c2ccccc2)cc2ccccc12.C/C(O)=C/C(=O)C(c1nc(-c2ccccc2)cc2ccccc12)c1nc(-c2ccccc2)cc2ccccc12.[Ir].